The van der Waals surface area contributed by atoms with E-state index in [1.54, 1.807) is 20.8 Å². The molecule has 5 atom stereocenters. The summed E-state index contributed by atoms with van der Waals surface area (Å²) >= 11 is 0. The third kappa shape index (κ3) is 7.35. The zero-order valence-corrected chi connectivity index (χ0v) is 21.6. The van der Waals surface area contributed by atoms with Crippen LogP contribution in [-0.2, 0) is 28.6 Å². The normalized spacial score (nSPS) is 24.7. The number of esters is 3. The van der Waals surface area contributed by atoms with E-state index in [0.717, 1.165) is 19.3 Å². The van der Waals surface area contributed by atoms with Crippen molar-refractivity contribution in [1.29, 1.82) is 0 Å². The van der Waals surface area contributed by atoms with Gasteiger partial charge in [-0.25, -0.2) is 4.79 Å². The molecule has 1 aliphatic heterocycles. The zero-order valence-electron chi connectivity index (χ0n) is 21.6. The van der Waals surface area contributed by atoms with E-state index in [1.165, 1.54) is 25.1 Å². The lowest BCUT2D eigenvalue weighted by atomic mass is 9.92. The van der Waals surface area contributed by atoms with Gasteiger partial charge >= 0.3 is 17.9 Å². The minimum atomic E-state index is -1.37. The zero-order chi connectivity index (χ0) is 27.0. The number of phenols is 1. The molecule has 1 saturated heterocycles. The largest absolute Gasteiger partial charge is 0.505 e. The molecule has 0 saturated carbocycles. The second-order valence-electron chi connectivity index (χ2n) is 9.49. The number of hydrogen-bond acceptors (Lipinski definition) is 9. The number of nitrogen functional groups attached to an aromatic ring is 1. The molecular weight excluding hydrogens is 468 g/mol. The second-order valence-corrected chi connectivity index (χ2v) is 9.49. The van der Waals surface area contributed by atoms with Gasteiger partial charge in [-0.2, -0.15) is 0 Å². The SMILES string of the molecule is CCCCCC[C@H]1C(=O)O[C@H](C)[C@H](NC(=O)c2cccc(N)c2O)C(=O)O[C@@H](C)[C@@H]1OC(=O)C(C)C. The summed E-state index contributed by atoms with van der Waals surface area (Å²) < 4.78 is 16.8. The number of carbonyl (C=O) groups excluding carboxylic acids is 4. The molecule has 0 spiro atoms. The molecule has 1 amide bonds. The number of nitrogens with one attached hydrogen (secondary N) is 1. The van der Waals surface area contributed by atoms with E-state index in [4.69, 9.17) is 19.9 Å². The van der Waals surface area contributed by atoms with Gasteiger partial charge in [-0.15, -0.1) is 0 Å². The highest BCUT2D eigenvalue weighted by Crippen LogP contribution is 2.28. The number of para-hydroxylation sites is 1. The Kier molecular flexibility index (Phi) is 10.6. The Balaban J connectivity index is 2.33. The third-order valence-corrected chi connectivity index (χ3v) is 6.18. The van der Waals surface area contributed by atoms with Crippen molar-refractivity contribution >= 4 is 29.5 Å². The maximum Gasteiger partial charge on any atom is 0.332 e. The Labute approximate surface area is 211 Å². The van der Waals surface area contributed by atoms with Crippen LogP contribution in [0.3, 0.4) is 0 Å². The highest BCUT2D eigenvalue weighted by atomic mass is 16.6. The summed E-state index contributed by atoms with van der Waals surface area (Å²) in [4.78, 5) is 51.6. The summed E-state index contributed by atoms with van der Waals surface area (Å²) in [6.45, 7) is 8.41. The predicted molar refractivity (Wildman–Crippen MR) is 132 cm³/mol. The van der Waals surface area contributed by atoms with E-state index in [2.05, 4.69) is 12.2 Å². The highest BCUT2D eigenvalue weighted by Gasteiger charge is 2.44. The first kappa shape index (κ1) is 28.9. The number of anilines is 1. The Hall–Kier alpha value is -3.30. The molecule has 0 aromatic heterocycles. The van der Waals surface area contributed by atoms with Gasteiger partial charge in [-0.1, -0.05) is 52.5 Å². The maximum absolute atomic E-state index is 13.3. The van der Waals surface area contributed by atoms with Crippen LogP contribution < -0.4 is 11.1 Å². The van der Waals surface area contributed by atoms with Crippen LogP contribution in [0.2, 0.25) is 0 Å². The van der Waals surface area contributed by atoms with Crippen molar-refractivity contribution in [2.24, 2.45) is 11.8 Å². The Bertz CT molecular complexity index is 948. The Morgan fingerprint density at radius 1 is 1.08 bits per heavy atom. The number of nitrogens with two attached hydrogens (primary N) is 1. The fourth-order valence-electron chi connectivity index (χ4n) is 3.98. The molecule has 1 heterocycles. The van der Waals surface area contributed by atoms with Crippen LogP contribution >= 0.6 is 0 Å². The number of rotatable bonds is 9. The van der Waals surface area contributed by atoms with Crippen LogP contribution in [0.25, 0.3) is 0 Å². The summed E-state index contributed by atoms with van der Waals surface area (Å²) in [6.07, 6.45) is 0.858. The van der Waals surface area contributed by atoms with Crippen molar-refractivity contribution in [3.8, 4) is 5.75 Å². The minimum absolute atomic E-state index is 0.00600. The third-order valence-electron chi connectivity index (χ3n) is 6.18. The number of ether oxygens (including phenoxy) is 3. The molecule has 10 heteroatoms. The van der Waals surface area contributed by atoms with Gasteiger partial charge in [0.05, 0.1) is 23.1 Å². The van der Waals surface area contributed by atoms with Crippen molar-refractivity contribution in [1.82, 2.24) is 5.32 Å². The van der Waals surface area contributed by atoms with Crippen molar-refractivity contribution in [2.45, 2.75) is 91.1 Å². The van der Waals surface area contributed by atoms with E-state index in [-0.39, 0.29) is 11.3 Å². The summed E-state index contributed by atoms with van der Waals surface area (Å²) in [6, 6.07) is 2.87. The first-order valence-electron chi connectivity index (χ1n) is 12.5. The molecule has 200 valence electrons. The lowest BCUT2D eigenvalue weighted by Gasteiger charge is -2.29. The van der Waals surface area contributed by atoms with E-state index in [9.17, 15) is 24.3 Å². The first-order valence-corrected chi connectivity index (χ1v) is 12.5. The predicted octanol–water partition coefficient (Wildman–Crippen LogP) is 3.10. The van der Waals surface area contributed by atoms with E-state index in [0.29, 0.717) is 12.8 Å². The number of carbonyl (C=O) groups is 4. The van der Waals surface area contributed by atoms with Crippen LogP contribution in [0.15, 0.2) is 18.2 Å². The lowest BCUT2D eigenvalue weighted by Crippen LogP contribution is -2.50. The lowest BCUT2D eigenvalue weighted by molar-refractivity contribution is -0.177. The average molecular weight is 507 g/mol. The fourth-order valence-corrected chi connectivity index (χ4v) is 3.98. The summed E-state index contributed by atoms with van der Waals surface area (Å²) in [7, 11) is 0. The number of hydrogen-bond donors (Lipinski definition) is 3. The van der Waals surface area contributed by atoms with Crippen molar-refractivity contribution in [3.05, 3.63) is 23.8 Å². The van der Waals surface area contributed by atoms with Crippen LogP contribution in [0.4, 0.5) is 5.69 Å². The topological polar surface area (TPSA) is 154 Å². The molecule has 1 aromatic carbocycles. The quantitative estimate of drug-likeness (QED) is 0.151. The first-order chi connectivity index (χ1) is 17.0. The molecule has 1 aliphatic rings. The van der Waals surface area contributed by atoms with Crippen molar-refractivity contribution in [3.63, 3.8) is 0 Å². The number of benzene rings is 1. The number of cyclic esters (lactones) is 2. The molecule has 2 rings (SSSR count). The molecule has 10 nitrogen and oxygen atoms in total. The average Bonchev–Trinajstić information content (AvgIpc) is 2.84. The molecule has 0 aliphatic carbocycles. The van der Waals surface area contributed by atoms with Crippen LogP contribution in [0.5, 0.6) is 5.75 Å². The Morgan fingerprint density at radius 2 is 1.75 bits per heavy atom. The number of unbranched alkanes of at least 4 members (excludes halogenated alkanes) is 3. The summed E-state index contributed by atoms with van der Waals surface area (Å²) in [5.74, 6) is -4.55. The number of aromatic hydroxyl groups is 1. The standard InChI is InChI=1S/C26H38N2O8/c1-6-7-8-9-11-18-22(36-24(31)14(2)3)16(5)35-26(33)20(15(4)34-25(18)32)28-23(30)17-12-10-13-19(27)21(17)29/h10,12-16,18,20,22,29H,6-9,11,27H2,1-5H3,(H,28,30)/t15-,16+,18-,20+,22+/m1/s1. The molecule has 36 heavy (non-hydrogen) atoms. The van der Waals surface area contributed by atoms with Gasteiger partial charge in [0.25, 0.3) is 5.91 Å². The van der Waals surface area contributed by atoms with Gasteiger partial charge in [0.1, 0.15) is 12.2 Å². The monoisotopic (exact) mass is 506 g/mol. The van der Waals surface area contributed by atoms with E-state index < -0.39 is 65.8 Å². The minimum Gasteiger partial charge on any atom is -0.505 e. The maximum atomic E-state index is 13.3. The highest BCUT2D eigenvalue weighted by molar-refractivity contribution is 6.00. The Morgan fingerprint density at radius 3 is 2.39 bits per heavy atom. The van der Waals surface area contributed by atoms with Gasteiger partial charge in [-0.3, -0.25) is 14.4 Å². The molecular formula is C26H38N2O8. The molecule has 0 radical (unpaired) electrons. The van der Waals surface area contributed by atoms with Crippen molar-refractivity contribution in [2.75, 3.05) is 5.73 Å². The van der Waals surface area contributed by atoms with E-state index >= 15 is 0 Å². The summed E-state index contributed by atoms with van der Waals surface area (Å²) in [5.41, 5.74) is 5.51. The molecule has 1 aromatic rings. The van der Waals surface area contributed by atoms with Gasteiger partial charge in [0.2, 0.25) is 0 Å². The van der Waals surface area contributed by atoms with E-state index in [1.807, 2.05) is 0 Å². The van der Waals surface area contributed by atoms with Crippen LogP contribution in [0.1, 0.15) is 77.1 Å². The molecule has 0 bridgehead atoms. The van der Waals surface area contributed by atoms with Crippen LogP contribution in [-0.4, -0.2) is 53.3 Å². The fraction of sp³-hybridized carbons (Fsp3) is 0.615. The van der Waals surface area contributed by atoms with Gasteiger partial charge < -0.3 is 30.4 Å². The molecule has 0 unspecified atom stereocenters. The molecule has 1 fully saturated rings. The van der Waals surface area contributed by atoms with Gasteiger partial charge in [-0.05, 0) is 32.4 Å². The number of amides is 1. The second kappa shape index (κ2) is 13.1. The van der Waals surface area contributed by atoms with Crippen LogP contribution in [0, 0.1) is 11.8 Å². The van der Waals surface area contributed by atoms with Gasteiger partial charge in [0.15, 0.2) is 17.9 Å². The molecule has 4 N–H and O–H groups in total. The smallest absolute Gasteiger partial charge is 0.332 e. The van der Waals surface area contributed by atoms with Gasteiger partial charge in [0, 0.05) is 0 Å². The van der Waals surface area contributed by atoms with Crippen molar-refractivity contribution < 1.29 is 38.5 Å². The number of phenolic OH excluding ortho intramolecular Hbond substituents is 1. The summed E-state index contributed by atoms with van der Waals surface area (Å²) in [5, 5.41) is 12.6.